The zero-order chi connectivity index (χ0) is 8.67. The van der Waals surface area contributed by atoms with Crippen molar-refractivity contribution in [2.75, 3.05) is 11.4 Å². The first-order chi connectivity index (χ1) is 6.45. The molecule has 0 unspecified atom stereocenters. The summed E-state index contributed by atoms with van der Waals surface area (Å²) >= 11 is 1.74. The summed E-state index contributed by atoms with van der Waals surface area (Å²) in [5.74, 6) is 0. The number of rotatable bonds is 0. The maximum Gasteiger partial charge on any atom is 0.173 e. The molecule has 0 amide bonds. The third-order valence-corrected chi connectivity index (χ3v) is 3.19. The van der Waals surface area contributed by atoms with E-state index in [1.165, 1.54) is 10.6 Å². The van der Waals surface area contributed by atoms with E-state index in [4.69, 9.17) is 0 Å². The SMILES string of the molecule is C1=CN2C(=NC1)Sc1ccccc12.Cl. The fourth-order valence-electron chi connectivity index (χ4n) is 1.53. The van der Waals surface area contributed by atoms with Crippen LogP contribution in [0.25, 0.3) is 0 Å². The Hall–Kier alpha value is -0.930. The van der Waals surface area contributed by atoms with E-state index < -0.39 is 0 Å². The second-order valence-electron chi connectivity index (χ2n) is 2.95. The number of hydrogen-bond acceptors (Lipinski definition) is 3. The molecule has 0 atom stereocenters. The number of hydrogen-bond donors (Lipinski definition) is 0. The van der Waals surface area contributed by atoms with Crippen molar-refractivity contribution in [3.63, 3.8) is 0 Å². The Labute approximate surface area is 93.1 Å². The summed E-state index contributed by atoms with van der Waals surface area (Å²) in [4.78, 5) is 7.87. The quantitative estimate of drug-likeness (QED) is 0.674. The Morgan fingerprint density at radius 3 is 3.07 bits per heavy atom. The van der Waals surface area contributed by atoms with E-state index in [9.17, 15) is 0 Å². The zero-order valence-corrected chi connectivity index (χ0v) is 9.02. The Balaban J connectivity index is 0.000000750. The minimum absolute atomic E-state index is 0. The van der Waals surface area contributed by atoms with Crippen LogP contribution in [0.15, 0.2) is 46.4 Å². The number of benzene rings is 1. The molecule has 3 rings (SSSR count). The Kier molecular flexibility index (Phi) is 2.52. The molecule has 0 fully saturated rings. The molecule has 0 spiro atoms. The first-order valence-electron chi connectivity index (χ1n) is 4.22. The van der Waals surface area contributed by atoms with Gasteiger partial charge in [-0.2, -0.15) is 0 Å². The van der Waals surface area contributed by atoms with E-state index in [1.807, 2.05) is 0 Å². The Morgan fingerprint density at radius 2 is 2.14 bits per heavy atom. The standard InChI is InChI=1S/C10H8N2S.ClH/c1-2-5-9-8(4-1)12-7-3-6-11-10(12)13-9;/h1-5,7H,6H2;1H. The van der Waals surface area contributed by atoms with Crippen molar-refractivity contribution < 1.29 is 0 Å². The summed E-state index contributed by atoms with van der Waals surface area (Å²) in [5, 5.41) is 1.10. The monoisotopic (exact) mass is 224 g/mol. The van der Waals surface area contributed by atoms with Crippen LogP contribution in [0.1, 0.15) is 0 Å². The highest BCUT2D eigenvalue weighted by Crippen LogP contribution is 2.40. The lowest BCUT2D eigenvalue weighted by molar-refractivity contribution is 1.16. The predicted molar refractivity (Wildman–Crippen MR) is 63.5 cm³/mol. The molecule has 2 nitrogen and oxygen atoms in total. The number of fused-ring (bicyclic) bond motifs is 3. The highest BCUT2D eigenvalue weighted by molar-refractivity contribution is 8.14. The fraction of sp³-hybridized carbons (Fsp3) is 0.100. The molecule has 2 heterocycles. The van der Waals surface area contributed by atoms with Gasteiger partial charge >= 0.3 is 0 Å². The molecular formula is C10H9ClN2S. The van der Waals surface area contributed by atoms with Crippen LogP contribution in [0.2, 0.25) is 0 Å². The van der Waals surface area contributed by atoms with Gasteiger partial charge < -0.3 is 0 Å². The van der Waals surface area contributed by atoms with E-state index in [0.29, 0.717) is 0 Å². The molecule has 0 aliphatic carbocycles. The van der Waals surface area contributed by atoms with Crippen LogP contribution in [-0.4, -0.2) is 11.7 Å². The lowest BCUT2D eigenvalue weighted by atomic mass is 10.3. The predicted octanol–water partition coefficient (Wildman–Crippen LogP) is 2.90. The summed E-state index contributed by atoms with van der Waals surface area (Å²) in [5.41, 5.74) is 1.25. The number of thioether (sulfide) groups is 1. The zero-order valence-electron chi connectivity index (χ0n) is 7.38. The summed E-state index contributed by atoms with van der Waals surface area (Å²) in [6.45, 7) is 0.812. The van der Waals surface area contributed by atoms with E-state index >= 15 is 0 Å². The van der Waals surface area contributed by atoms with Gasteiger partial charge in [-0.15, -0.1) is 12.4 Å². The summed E-state index contributed by atoms with van der Waals surface area (Å²) < 4.78 is 0. The topological polar surface area (TPSA) is 15.6 Å². The van der Waals surface area contributed by atoms with Crippen molar-refractivity contribution in [3.05, 3.63) is 36.5 Å². The maximum absolute atomic E-state index is 4.42. The van der Waals surface area contributed by atoms with Crippen LogP contribution < -0.4 is 4.90 Å². The van der Waals surface area contributed by atoms with Crippen molar-refractivity contribution in [3.8, 4) is 0 Å². The number of para-hydroxylation sites is 1. The lowest BCUT2D eigenvalue weighted by Gasteiger charge is -2.16. The van der Waals surface area contributed by atoms with Crippen molar-refractivity contribution in [1.29, 1.82) is 0 Å². The van der Waals surface area contributed by atoms with Gasteiger partial charge in [-0.3, -0.25) is 9.89 Å². The summed E-state index contributed by atoms with van der Waals surface area (Å²) in [6.07, 6.45) is 4.17. The maximum atomic E-state index is 4.42. The van der Waals surface area contributed by atoms with Gasteiger partial charge in [0.1, 0.15) is 0 Å². The molecule has 1 aromatic rings. The number of nitrogens with zero attached hydrogens (tertiary/aromatic N) is 2. The molecule has 4 heteroatoms. The first-order valence-corrected chi connectivity index (χ1v) is 5.04. The molecule has 14 heavy (non-hydrogen) atoms. The molecule has 0 radical (unpaired) electrons. The van der Waals surface area contributed by atoms with E-state index in [1.54, 1.807) is 11.8 Å². The fourth-order valence-corrected chi connectivity index (χ4v) is 2.54. The van der Waals surface area contributed by atoms with Gasteiger partial charge in [0.15, 0.2) is 5.17 Å². The Morgan fingerprint density at radius 1 is 1.29 bits per heavy atom. The van der Waals surface area contributed by atoms with Crippen molar-refractivity contribution in [2.24, 2.45) is 4.99 Å². The molecule has 0 aromatic heterocycles. The second-order valence-corrected chi connectivity index (χ2v) is 3.96. The minimum atomic E-state index is 0. The van der Waals surface area contributed by atoms with Crippen molar-refractivity contribution in [1.82, 2.24) is 0 Å². The molecule has 0 N–H and O–H groups in total. The van der Waals surface area contributed by atoms with Gasteiger partial charge in [-0.25, -0.2) is 0 Å². The number of halogens is 1. The van der Waals surface area contributed by atoms with E-state index in [-0.39, 0.29) is 12.4 Å². The number of anilines is 1. The van der Waals surface area contributed by atoms with Gasteiger partial charge in [-0.05, 0) is 30.0 Å². The molecule has 0 bridgehead atoms. The third kappa shape index (κ3) is 1.33. The van der Waals surface area contributed by atoms with E-state index in [2.05, 4.69) is 46.4 Å². The lowest BCUT2D eigenvalue weighted by Crippen LogP contribution is -2.20. The molecule has 72 valence electrons. The van der Waals surface area contributed by atoms with Gasteiger partial charge in [0.05, 0.1) is 12.2 Å². The molecule has 0 saturated heterocycles. The summed E-state index contributed by atoms with van der Waals surface area (Å²) in [7, 11) is 0. The average molecular weight is 225 g/mol. The normalized spacial score (nSPS) is 16.9. The third-order valence-electron chi connectivity index (χ3n) is 2.12. The Bertz CT molecular complexity index is 414. The highest BCUT2D eigenvalue weighted by Gasteiger charge is 2.25. The van der Waals surface area contributed by atoms with Crippen LogP contribution in [-0.2, 0) is 0 Å². The smallest absolute Gasteiger partial charge is 0.173 e. The van der Waals surface area contributed by atoms with Gasteiger partial charge in [-0.1, -0.05) is 12.1 Å². The molecule has 2 aliphatic heterocycles. The van der Waals surface area contributed by atoms with Crippen LogP contribution in [0.5, 0.6) is 0 Å². The van der Waals surface area contributed by atoms with Crippen LogP contribution in [0.4, 0.5) is 5.69 Å². The largest absolute Gasteiger partial charge is 0.296 e. The second kappa shape index (κ2) is 3.67. The molecule has 2 aliphatic rings. The highest BCUT2D eigenvalue weighted by atomic mass is 35.5. The van der Waals surface area contributed by atoms with Crippen LogP contribution in [0.3, 0.4) is 0 Å². The number of amidine groups is 1. The van der Waals surface area contributed by atoms with Crippen molar-refractivity contribution in [2.45, 2.75) is 4.90 Å². The number of aliphatic imine (C=N–C) groups is 1. The summed E-state index contributed by atoms with van der Waals surface area (Å²) in [6, 6.07) is 8.38. The van der Waals surface area contributed by atoms with Gasteiger partial charge in [0, 0.05) is 11.1 Å². The van der Waals surface area contributed by atoms with Gasteiger partial charge in [0.25, 0.3) is 0 Å². The first kappa shape index (κ1) is 9.62. The van der Waals surface area contributed by atoms with E-state index in [0.717, 1.165) is 11.7 Å². The van der Waals surface area contributed by atoms with Crippen molar-refractivity contribution >= 4 is 35.0 Å². The molecule has 1 aromatic carbocycles. The van der Waals surface area contributed by atoms with Crippen LogP contribution >= 0.6 is 24.2 Å². The minimum Gasteiger partial charge on any atom is -0.296 e. The van der Waals surface area contributed by atoms with Gasteiger partial charge in [0.2, 0.25) is 0 Å². The molecule has 0 saturated carbocycles. The van der Waals surface area contributed by atoms with Crippen LogP contribution in [0, 0.1) is 0 Å². The average Bonchev–Trinajstić information content (AvgIpc) is 2.56. The molecular weight excluding hydrogens is 216 g/mol.